The van der Waals surface area contributed by atoms with Crippen LogP contribution < -0.4 is 10.1 Å². The van der Waals surface area contributed by atoms with Crippen molar-refractivity contribution in [2.24, 2.45) is 0 Å². The zero-order valence-electron chi connectivity index (χ0n) is 18.9. The van der Waals surface area contributed by atoms with E-state index in [0.29, 0.717) is 18.6 Å². The molecule has 1 aliphatic heterocycles. The monoisotopic (exact) mass is 420 g/mol. The fraction of sp³-hybridized carbons (Fsp3) is 0.481. The summed E-state index contributed by atoms with van der Waals surface area (Å²) in [5, 5.41) is 3.53. The smallest absolute Gasteiger partial charge is 0.119 e. The average molecular weight is 421 g/mol. The largest absolute Gasteiger partial charge is 0.491 e. The van der Waals surface area contributed by atoms with Crippen LogP contribution in [0.2, 0.25) is 0 Å². The SMILES string of the molecule is C=C(C1CNCC(COc2ccccc2)O1)N(CC(CC)c1ccccc1C)C1CC1. The van der Waals surface area contributed by atoms with Gasteiger partial charge in [0, 0.05) is 37.3 Å². The number of ether oxygens (including phenoxy) is 2. The van der Waals surface area contributed by atoms with Crippen molar-refractivity contribution in [3.8, 4) is 5.75 Å². The van der Waals surface area contributed by atoms with Crippen LogP contribution in [0.5, 0.6) is 5.75 Å². The van der Waals surface area contributed by atoms with Crippen LogP contribution in [-0.4, -0.2) is 49.4 Å². The van der Waals surface area contributed by atoms with E-state index in [4.69, 9.17) is 9.47 Å². The van der Waals surface area contributed by atoms with Gasteiger partial charge in [-0.1, -0.05) is 56.0 Å². The van der Waals surface area contributed by atoms with E-state index in [2.05, 4.69) is 54.9 Å². The molecule has 4 heteroatoms. The molecule has 1 N–H and O–H groups in total. The Hall–Kier alpha value is -2.30. The molecule has 0 radical (unpaired) electrons. The predicted molar refractivity (Wildman–Crippen MR) is 127 cm³/mol. The molecule has 31 heavy (non-hydrogen) atoms. The molecular formula is C27H36N2O2. The number of hydrogen-bond acceptors (Lipinski definition) is 4. The molecule has 166 valence electrons. The second-order valence-corrected chi connectivity index (χ2v) is 8.87. The van der Waals surface area contributed by atoms with Crippen LogP contribution >= 0.6 is 0 Å². The van der Waals surface area contributed by atoms with E-state index in [1.54, 1.807) is 0 Å². The Balaban J connectivity index is 1.39. The van der Waals surface area contributed by atoms with E-state index in [0.717, 1.165) is 37.5 Å². The summed E-state index contributed by atoms with van der Waals surface area (Å²) in [5.41, 5.74) is 3.95. The molecule has 0 aromatic heterocycles. The molecule has 1 saturated carbocycles. The molecule has 4 rings (SSSR count). The van der Waals surface area contributed by atoms with Crippen molar-refractivity contribution < 1.29 is 9.47 Å². The minimum Gasteiger partial charge on any atom is -0.491 e. The van der Waals surface area contributed by atoms with E-state index in [1.807, 2.05) is 30.3 Å². The molecule has 1 saturated heterocycles. The van der Waals surface area contributed by atoms with Gasteiger partial charge < -0.3 is 19.7 Å². The van der Waals surface area contributed by atoms with E-state index < -0.39 is 0 Å². The van der Waals surface area contributed by atoms with Gasteiger partial charge in [0.05, 0.1) is 0 Å². The van der Waals surface area contributed by atoms with Crippen LogP contribution in [0.4, 0.5) is 0 Å². The number of rotatable bonds is 10. The zero-order chi connectivity index (χ0) is 21.6. The Morgan fingerprint density at radius 1 is 1.13 bits per heavy atom. The third-order valence-corrected chi connectivity index (χ3v) is 6.50. The van der Waals surface area contributed by atoms with Gasteiger partial charge in [0.15, 0.2) is 0 Å². The Morgan fingerprint density at radius 3 is 2.58 bits per heavy atom. The summed E-state index contributed by atoms with van der Waals surface area (Å²) in [6.07, 6.45) is 3.65. The Kier molecular flexibility index (Phi) is 7.31. The van der Waals surface area contributed by atoms with Crippen LogP contribution in [0.25, 0.3) is 0 Å². The maximum Gasteiger partial charge on any atom is 0.119 e. The van der Waals surface area contributed by atoms with Crippen molar-refractivity contribution in [3.63, 3.8) is 0 Å². The summed E-state index contributed by atoms with van der Waals surface area (Å²) in [6, 6.07) is 19.4. The highest BCUT2D eigenvalue weighted by molar-refractivity contribution is 5.30. The third kappa shape index (κ3) is 5.69. The molecule has 2 aromatic carbocycles. The molecule has 1 heterocycles. The molecule has 3 atom stereocenters. The molecule has 2 fully saturated rings. The lowest BCUT2D eigenvalue weighted by molar-refractivity contribution is -0.0499. The van der Waals surface area contributed by atoms with Gasteiger partial charge in [-0.3, -0.25) is 0 Å². The number of hydrogen-bond donors (Lipinski definition) is 1. The standard InChI is InChI=1S/C27H36N2O2/c1-4-22(26-13-9-8-10-20(26)2)18-29(23-14-15-23)21(3)27-17-28-16-25(31-27)19-30-24-11-6-5-7-12-24/h5-13,22-23,25,27-28H,3-4,14-19H2,1-2H3. The highest BCUT2D eigenvalue weighted by Gasteiger charge is 2.36. The molecule has 2 aromatic rings. The summed E-state index contributed by atoms with van der Waals surface area (Å²) in [5.74, 6) is 1.39. The molecule has 0 spiro atoms. The van der Waals surface area contributed by atoms with Gasteiger partial charge in [0.1, 0.15) is 24.6 Å². The van der Waals surface area contributed by atoms with Crippen LogP contribution in [0, 0.1) is 6.92 Å². The summed E-state index contributed by atoms with van der Waals surface area (Å²) < 4.78 is 12.4. The summed E-state index contributed by atoms with van der Waals surface area (Å²) in [6.45, 7) is 12.2. The van der Waals surface area contributed by atoms with Crippen LogP contribution in [0.15, 0.2) is 66.9 Å². The van der Waals surface area contributed by atoms with Crippen LogP contribution in [0.1, 0.15) is 43.2 Å². The molecular weight excluding hydrogens is 384 g/mol. The first-order valence-electron chi connectivity index (χ1n) is 11.7. The molecule has 0 amide bonds. The number of morpholine rings is 1. The average Bonchev–Trinajstić information content (AvgIpc) is 3.65. The fourth-order valence-corrected chi connectivity index (χ4v) is 4.51. The van der Waals surface area contributed by atoms with Gasteiger partial charge in [-0.05, 0) is 49.4 Å². The predicted octanol–water partition coefficient (Wildman–Crippen LogP) is 4.90. The summed E-state index contributed by atoms with van der Waals surface area (Å²) >= 11 is 0. The van der Waals surface area contributed by atoms with E-state index in [9.17, 15) is 0 Å². The van der Waals surface area contributed by atoms with Gasteiger partial charge in [-0.25, -0.2) is 0 Å². The Bertz CT molecular complexity index is 849. The van der Waals surface area contributed by atoms with E-state index in [1.165, 1.54) is 24.0 Å². The van der Waals surface area contributed by atoms with Crippen molar-refractivity contribution in [1.29, 1.82) is 0 Å². The quantitative estimate of drug-likeness (QED) is 0.593. The first-order chi connectivity index (χ1) is 15.2. The third-order valence-electron chi connectivity index (χ3n) is 6.50. The summed E-state index contributed by atoms with van der Waals surface area (Å²) in [7, 11) is 0. The van der Waals surface area contributed by atoms with Crippen LogP contribution in [0.3, 0.4) is 0 Å². The van der Waals surface area contributed by atoms with Crippen molar-refractivity contribution >= 4 is 0 Å². The van der Waals surface area contributed by atoms with Gasteiger partial charge >= 0.3 is 0 Å². The van der Waals surface area contributed by atoms with Crippen LogP contribution in [-0.2, 0) is 4.74 Å². The molecule has 3 unspecified atom stereocenters. The van der Waals surface area contributed by atoms with Crippen molar-refractivity contribution in [2.45, 2.75) is 57.3 Å². The van der Waals surface area contributed by atoms with E-state index >= 15 is 0 Å². The first-order valence-corrected chi connectivity index (χ1v) is 11.7. The number of aryl methyl sites for hydroxylation is 1. The number of nitrogens with zero attached hydrogens (tertiary/aromatic N) is 1. The maximum absolute atomic E-state index is 6.44. The molecule has 4 nitrogen and oxygen atoms in total. The highest BCUT2D eigenvalue weighted by Crippen LogP contribution is 2.35. The highest BCUT2D eigenvalue weighted by atomic mass is 16.5. The zero-order valence-corrected chi connectivity index (χ0v) is 18.9. The fourth-order valence-electron chi connectivity index (χ4n) is 4.51. The Morgan fingerprint density at radius 2 is 1.87 bits per heavy atom. The van der Waals surface area contributed by atoms with Gasteiger partial charge in [0.2, 0.25) is 0 Å². The van der Waals surface area contributed by atoms with Gasteiger partial charge in [-0.2, -0.15) is 0 Å². The van der Waals surface area contributed by atoms with Crippen molar-refractivity contribution in [3.05, 3.63) is 78.0 Å². The summed E-state index contributed by atoms with van der Waals surface area (Å²) in [4.78, 5) is 2.54. The molecule has 0 bridgehead atoms. The van der Waals surface area contributed by atoms with Gasteiger partial charge in [-0.15, -0.1) is 0 Å². The lowest BCUT2D eigenvalue weighted by Gasteiger charge is -2.38. The first kappa shape index (κ1) is 21.9. The second kappa shape index (κ2) is 10.3. The molecule has 1 aliphatic carbocycles. The topological polar surface area (TPSA) is 33.7 Å². The lowest BCUT2D eigenvalue weighted by atomic mass is 9.91. The number of benzene rings is 2. The van der Waals surface area contributed by atoms with Crippen molar-refractivity contribution in [2.75, 3.05) is 26.2 Å². The Labute approximate surface area is 187 Å². The van der Waals surface area contributed by atoms with Gasteiger partial charge in [0.25, 0.3) is 0 Å². The van der Waals surface area contributed by atoms with Crippen molar-refractivity contribution in [1.82, 2.24) is 10.2 Å². The minimum absolute atomic E-state index is 0.00639. The lowest BCUT2D eigenvalue weighted by Crippen LogP contribution is -2.50. The molecule has 2 aliphatic rings. The maximum atomic E-state index is 6.44. The number of para-hydroxylation sites is 1. The van der Waals surface area contributed by atoms with E-state index in [-0.39, 0.29) is 12.2 Å². The minimum atomic E-state index is -0.00639. The number of nitrogens with one attached hydrogen (secondary N) is 1. The second-order valence-electron chi connectivity index (χ2n) is 8.87. The normalized spacial score (nSPS) is 22.0.